The molecule has 100 valence electrons. The van der Waals surface area contributed by atoms with Gasteiger partial charge in [-0.1, -0.05) is 44.2 Å². The molecule has 2 rings (SSSR count). The molecule has 19 heavy (non-hydrogen) atoms. The minimum absolute atomic E-state index is 0.329. The van der Waals surface area contributed by atoms with Gasteiger partial charge in [0, 0.05) is 6.42 Å². The number of aromatic nitrogens is 2. The smallest absolute Gasteiger partial charge is 0.141 e. The highest BCUT2D eigenvalue weighted by Gasteiger charge is 2.12. The molecule has 3 nitrogen and oxygen atoms in total. The quantitative estimate of drug-likeness (QED) is 0.934. The minimum Gasteiger partial charge on any atom is -0.383 e. The van der Waals surface area contributed by atoms with E-state index in [1.807, 2.05) is 18.2 Å². The van der Waals surface area contributed by atoms with Crippen molar-refractivity contribution in [3.05, 3.63) is 51.9 Å². The van der Waals surface area contributed by atoms with Crippen LogP contribution < -0.4 is 5.73 Å². The van der Waals surface area contributed by atoms with E-state index in [-0.39, 0.29) is 0 Å². The highest BCUT2D eigenvalue weighted by atomic mass is 79.9. The molecule has 1 aromatic heterocycles. The summed E-state index contributed by atoms with van der Waals surface area (Å²) in [5, 5.41) is 0. The minimum atomic E-state index is 0.329. The third-order valence-electron chi connectivity index (χ3n) is 2.98. The molecule has 0 bridgehead atoms. The third kappa shape index (κ3) is 3.53. The number of nitrogen functional groups attached to an aromatic ring is 1. The first kappa shape index (κ1) is 14.0. The van der Waals surface area contributed by atoms with E-state index in [2.05, 4.69) is 51.9 Å². The fourth-order valence-corrected chi connectivity index (χ4v) is 2.56. The van der Waals surface area contributed by atoms with Gasteiger partial charge in [0.05, 0.1) is 10.2 Å². The lowest BCUT2D eigenvalue weighted by Crippen LogP contribution is -2.07. The molecule has 0 radical (unpaired) electrons. The van der Waals surface area contributed by atoms with Crippen molar-refractivity contribution in [3.63, 3.8) is 0 Å². The van der Waals surface area contributed by atoms with Gasteiger partial charge in [0.15, 0.2) is 0 Å². The summed E-state index contributed by atoms with van der Waals surface area (Å²) in [6.45, 7) is 4.21. The summed E-state index contributed by atoms with van der Waals surface area (Å²) in [6, 6.07) is 10.4. The van der Waals surface area contributed by atoms with Crippen molar-refractivity contribution in [1.29, 1.82) is 0 Å². The molecule has 0 unspecified atom stereocenters. The maximum atomic E-state index is 5.93. The number of nitrogens with two attached hydrogens (primary N) is 1. The Morgan fingerprint density at radius 3 is 2.42 bits per heavy atom. The van der Waals surface area contributed by atoms with Crippen LogP contribution in [0.1, 0.15) is 36.8 Å². The fourth-order valence-electron chi connectivity index (χ4n) is 1.93. The Morgan fingerprint density at radius 2 is 1.79 bits per heavy atom. The summed E-state index contributed by atoms with van der Waals surface area (Å²) < 4.78 is 0.825. The van der Waals surface area contributed by atoms with E-state index < -0.39 is 0 Å². The third-order valence-corrected chi connectivity index (χ3v) is 3.79. The first-order valence-corrected chi connectivity index (χ1v) is 7.23. The first-order valence-electron chi connectivity index (χ1n) is 6.43. The predicted molar refractivity (Wildman–Crippen MR) is 82.1 cm³/mol. The lowest BCUT2D eigenvalue weighted by atomic mass is 10.1. The molecular formula is C15H18BrN3. The van der Waals surface area contributed by atoms with Crippen LogP contribution in [0.2, 0.25) is 0 Å². The van der Waals surface area contributed by atoms with Crippen LogP contribution in [0.3, 0.4) is 0 Å². The molecule has 2 aromatic rings. The van der Waals surface area contributed by atoms with Gasteiger partial charge in [-0.2, -0.15) is 0 Å². The first-order chi connectivity index (χ1) is 9.08. The summed E-state index contributed by atoms with van der Waals surface area (Å²) in [5.74, 6) is 1.67. The highest BCUT2D eigenvalue weighted by Crippen LogP contribution is 2.27. The van der Waals surface area contributed by atoms with E-state index in [0.29, 0.717) is 11.7 Å². The van der Waals surface area contributed by atoms with Gasteiger partial charge in [-0.15, -0.1) is 0 Å². The summed E-state index contributed by atoms with van der Waals surface area (Å²) in [4.78, 5) is 8.96. The highest BCUT2D eigenvalue weighted by molar-refractivity contribution is 9.10. The number of nitrogens with zero attached hydrogens (tertiary/aromatic N) is 2. The standard InChI is InChI=1S/C15H18BrN3/c1-10(2)14-13(16)15(17)19-12(18-14)9-8-11-6-4-3-5-7-11/h3-7,10H,8-9H2,1-2H3,(H2,17,18,19). The van der Waals surface area contributed by atoms with Crippen molar-refractivity contribution < 1.29 is 0 Å². The molecule has 0 saturated heterocycles. The van der Waals surface area contributed by atoms with Crippen LogP contribution in [-0.2, 0) is 12.8 Å². The van der Waals surface area contributed by atoms with Crippen LogP contribution in [0.15, 0.2) is 34.8 Å². The topological polar surface area (TPSA) is 51.8 Å². The largest absolute Gasteiger partial charge is 0.383 e. The van der Waals surface area contributed by atoms with E-state index in [1.165, 1.54) is 5.56 Å². The fraction of sp³-hybridized carbons (Fsp3) is 0.333. The summed E-state index contributed by atoms with van der Waals surface area (Å²) in [7, 11) is 0. The van der Waals surface area contributed by atoms with Gasteiger partial charge >= 0.3 is 0 Å². The van der Waals surface area contributed by atoms with Crippen LogP contribution >= 0.6 is 15.9 Å². The van der Waals surface area contributed by atoms with Gasteiger partial charge in [-0.25, -0.2) is 9.97 Å². The molecule has 0 aliphatic carbocycles. The lowest BCUT2D eigenvalue weighted by Gasteiger charge is -2.11. The molecule has 0 amide bonds. The molecule has 0 aliphatic heterocycles. The van der Waals surface area contributed by atoms with Crippen molar-refractivity contribution in [2.45, 2.75) is 32.6 Å². The molecule has 0 spiro atoms. The average molecular weight is 320 g/mol. The summed E-state index contributed by atoms with van der Waals surface area (Å²) in [5.41, 5.74) is 8.20. The monoisotopic (exact) mass is 319 g/mol. The Hall–Kier alpha value is -1.42. The zero-order chi connectivity index (χ0) is 13.8. The molecule has 1 heterocycles. The van der Waals surface area contributed by atoms with E-state index in [9.17, 15) is 0 Å². The molecule has 4 heteroatoms. The summed E-state index contributed by atoms with van der Waals surface area (Å²) in [6.07, 6.45) is 1.74. The summed E-state index contributed by atoms with van der Waals surface area (Å²) >= 11 is 3.46. The molecule has 1 aromatic carbocycles. The van der Waals surface area contributed by atoms with Crippen LogP contribution in [0, 0.1) is 0 Å². The van der Waals surface area contributed by atoms with E-state index in [1.54, 1.807) is 0 Å². The Morgan fingerprint density at radius 1 is 1.11 bits per heavy atom. The second kappa shape index (κ2) is 6.15. The van der Waals surface area contributed by atoms with Crippen LogP contribution in [0.4, 0.5) is 5.82 Å². The SMILES string of the molecule is CC(C)c1nc(CCc2ccccc2)nc(N)c1Br. The Balaban J connectivity index is 2.17. The van der Waals surface area contributed by atoms with Gasteiger partial charge in [0.2, 0.25) is 0 Å². The number of anilines is 1. The number of hydrogen-bond donors (Lipinski definition) is 1. The van der Waals surface area contributed by atoms with Crippen LogP contribution in [0.5, 0.6) is 0 Å². The van der Waals surface area contributed by atoms with Crippen molar-refractivity contribution >= 4 is 21.7 Å². The Bertz CT molecular complexity index is 553. The Labute approximate surface area is 122 Å². The van der Waals surface area contributed by atoms with Crippen molar-refractivity contribution in [3.8, 4) is 0 Å². The molecule has 0 aliphatic rings. The van der Waals surface area contributed by atoms with Crippen LogP contribution in [-0.4, -0.2) is 9.97 Å². The number of rotatable bonds is 4. The zero-order valence-electron chi connectivity index (χ0n) is 11.2. The van der Waals surface area contributed by atoms with Crippen molar-refractivity contribution in [2.24, 2.45) is 0 Å². The maximum absolute atomic E-state index is 5.93. The average Bonchev–Trinajstić information content (AvgIpc) is 2.41. The van der Waals surface area contributed by atoms with Gasteiger partial charge in [-0.3, -0.25) is 0 Å². The molecule has 2 N–H and O–H groups in total. The second-order valence-electron chi connectivity index (χ2n) is 4.86. The van der Waals surface area contributed by atoms with Gasteiger partial charge < -0.3 is 5.73 Å². The van der Waals surface area contributed by atoms with E-state index in [4.69, 9.17) is 5.73 Å². The number of aryl methyl sites for hydroxylation is 2. The van der Waals surface area contributed by atoms with Crippen LogP contribution in [0.25, 0.3) is 0 Å². The zero-order valence-corrected chi connectivity index (χ0v) is 12.8. The molecule has 0 saturated carbocycles. The molecule has 0 atom stereocenters. The number of hydrogen-bond acceptors (Lipinski definition) is 3. The Kier molecular flexibility index (Phi) is 4.53. The normalized spacial score (nSPS) is 10.9. The number of halogens is 1. The van der Waals surface area contributed by atoms with Crippen molar-refractivity contribution in [1.82, 2.24) is 9.97 Å². The van der Waals surface area contributed by atoms with E-state index in [0.717, 1.165) is 28.8 Å². The predicted octanol–water partition coefficient (Wildman–Crippen LogP) is 3.73. The van der Waals surface area contributed by atoms with Crippen molar-refractivity contribution in [2.75, 3.05) is 5.73 Å². The van der Waals surface area contributed by atoms with E-state index >= 15 is 0 Å². The number of benzene rings is 1. The molecule has 0 fully saturated rings. The second-order valence-corrected chi connectivity index (χ2v) is 5.66. The van der Waals surface area contributed by atoms with Gasteiger partial charge in [0.25, 0.3) is 0 Å². The van der Waals surface area contributed by atoms with Gasteiger partial charge in [-0.05, 0) is 33.8 Å². The maximum Gasteiger partial charge on any atom is 0.141 e. The molecular weight excluding hydrogens is 302 g/mol. The lowest BCUT2D eigenvalue weighted by molar-refractivity contribution is 0.767. The van der Waals surface area contributed by atoms with Gasteiger partial charge in [0.1, 0.15) is 11.6 Å².